The Morgan fingerprint density at radius 2 is 2.30 bits per heavy atom. The standard InChI is InChI=1S/C14H14N4O5/c1-22-12-7-9(18(20)21)3-4-10(12)15-14(19)11-8-13-17(16-11)5-2-6-23-13/h3-4,7-8H,2,5-6H2,1H3,(H,15,19). The fraction of sp³-hybridized carbons (Fsp3) is 0.286. The van der Waals surface area contributed by atoms with Gasteiger partial charge in [-0.15, -0.1) is 0 Å². The van der Waals surface area contributed by atoms with Crippen molar-refractivity contribution < 1.29 is 19.2 Å². The smallest absolute Gasteiger partial charge is 0.276 e. The first kappa shape index (κ1) is 14.8. The summed E-state index contributed by atoms with van der Waals surface area (Å²) in [5.41, 5.74) is 0.419. The van der Waals surface area contributed by atoms with Crippen LogP contribution in [0.4, 0.5) is 11.4 Å². The lowest BCUT2D eigenvalue weighted by atomic mass is 10.2. The Labute approximate surface area is 131 Å². The Kier molecular flexibility index (Phi) is 3.83. The first-order chi connectivity index (χ1) is 11.1. The molecule has 0 radical (unpaired) electrons. The molecular formula is C14H14N4O5. The Morgan fingerprint density at radius 3 is 3.00 bits per heavy atom. The van der Waals surface area contributed by atoms with Gasteiger partial charge in [-0.05, 0) is 6.07 Å². The molecule has 0 fully saturated rings. The Hall–Kier alpha value is -3.10. The molecule has 1 aliphatic heterocycles. The second-order valence-corrected chi connectivity index (χ2v) is 4.89. The monoisotopic (exact) mass is 318 g/mol. The second-order valence-electron chi connectivity index (χ2n) is 4.89. The molecule has 1 N–H and O–H groups in total. The zero-order valence-corrected chi connectivity index (χ0v) is 12.3. The van der Waals surface area contributed by atoms with Gasteiger partial charge in [-0.2, -0.15) is 5.10 Å². The predicted molar refractivity (Wildman–Crippen MR) is 79.9 cm³/mol. The van der Waals surface area contributed by atoms with E-state index in [4.69, 9.17) is 9.47 Å². The van der Waals surface area contributed by atoms with E-state index in [9.17, 15) is 14.9 Å². The van der Waals surface area contributed by atoms with E-state index in [1.54, 1.807) is 10.7 Å². The first-order valence-corrected chi connectivity index (χ1v) is 6.93. The number of non-ortho nitro benzene ring substituents is 1. The highest BCUT2D eigenvalue weighted by molar-refractivity contribution is 6.04. The van der Waals surface area contributed by atoms with Crippen LogP contribution in [0.5, 0.6) is 11.6 Å². The number of methoxy groups -OCH3 is 1. The van der Waals surface area contributed by atoms with Crippen molar-refractivity contribution in [2.45, 2.75) is 13.0 Å². The summed E-state index contributed by atoms with van der Waals surface area (Å²) in [7, 11) is 1.37. The van der Waals surface area contributed by atoms with Crippen LogP contribution in [0.2, 0.25) is 0 Å². The summed E-state index contributed by atoms with van der Waals surface area (Å²) in [6, 6.07) is 5.52. The molecule has 120 valence electrons. The maximum absolute atomic E-state index is 12.3. The molecule has 23 heavy (non-hydrogen) atoms. The molecule has 0 bridgehead atoms. The van der Waals surface area contributed by atoms with E-state index in [0.717, 1.165) is 6.42 Å². The maximum atomic E-state index is 12.3. The number of fused-ring (bicyclic) bond motifs is 1. The molecule has 1 amide bonds. The Bertz CT molecular complexity index is 747. The lowest BCUT2D eigenvalue weighted by molar-refractivity contribution is -0.384. The fourth-order valence-corrected chi connectivity index (χ4v) is 2.26. The zero-order chi connectivity index (χ0) is 16.4. The predicted octanol–water partition coefficient (Wildman–Crippen LogP) is 1.83. The number of hydrogen-bond acceptors (Lipinski definition) is 6. The number of rotatable bonds is 4. The van der Waals surface area contributed by atoms with E-state index in [2.05, 4.69) is 10.4 Å². The van der Waals surface area contributed by atoms with Crippen LogP contribution in [0.15, 0.2) is 24.3 Å². The van der Waals surface area contributed by atoms with Crippen LogP contribution in [-0.2, 0) is 6.54 Å². The van der Waals surface area contributed by atoms with Gasteiger partial charge in [0.25, 0.3) is 11.6 Å². The van der Waals surface area contributed by atoms with E-state index < -0.39 is 10.8 Å². The number of nitrogens with zero attached hydrogens (tertiary/aromatic N) is 3. The molecule has 2 aromatic rings. The number of nitro benzene ring substituents is 1. The van der Waals surface area contributed by atoms with Crippen molar-refractivity contribution in [2.24, 2.45) is 0 Å². The van der Waals surface area contributed by atoms with Crippen molar-refractivity contribution >= 4 is 17.3 Å². The minimum absolute atomic E-state index is 0.120. The molecule has 1 aliphatic rings. The summed E-state index contributed by atoms with van der Waals surface area (Å²) in [6.45, 7) is 1.30. The van der Waals surface area contributed by atoms with E-state index in [-0.39, 0.29) is 17.1 Å². The topological polar surface area (TPSA) is 109 Å². The molecule has 0 unspecified atom stereocenters. The SMILES string of the molecule is COc1cc([N+](=O)[O-])ccc1NC(=O)c1cc2n(n1)CCCO2. The van der Waals surface area contributed by atoms with Gasteiger partial charge in [0.1, 0.15) is 5.75 Å². The van der Waals surface area contributed by atoms with Crippen molar-refractivity contribution in [3.8, 4) is 11.6 Å². The molecule has 0 saturated heterocycles. The van der Waals surface area contributed by atoms with Crippen molar-refractivity contribution in [1.29, 1.82) is 0 Å². The number of anilines is 1. The van der Waals surface area contributed by atoms with E-state index in [1.807, 2.05) is 0 Å². The van der Waals surface area contributed by atoms with Gasteiger partial charge in [0.05, 0.1) is 30.4 Å². The average Bonchev–Trinajstić information content (AvgIpc) is 2.99. The molecule has 1 aromatic heterocycles. The molecule has 0 atom stereocenters. The highest BCUT2D eigenvalue weighted by Crippen LogP contribution is 2.29. The summed E-state index contributed by atoms with van der Waals surface area (Å²) < 4.78 is 12.1. The van der Waals surface area contributed by atoms with Gasteiger partial charge >= 0.3 is 0 Å². The van der Waals surface area contributed by atoms with Gasteiger partial charge in [0, 0.05) is 25.1 Å². The molecule has 0 saturated carbocycles. The third-order valence-corrected chi connectivity index (χ3v) is 3.38. The van der Waals surface area contributed by atoms with Gasteiger partial charge in [0.15, 0.2) is 5.69 Å². The normalized spacial score (nSPS) is 12.9. The molecule has 0 aliphatic carbocycles. The van der Waals surface area contributed by atoms with Gasteiger partial charge in [-0.3, -0.25) is 14.9 Å². The number of carbonyl (C=O) groups is 1. The van der Waals surface area contributed by atoms with Crippen LogP contribution < -0.4 is 14.8 Å². The maximum Gasteiger partial charge on any atom is 0.276 e. The molecular weight excluding hydrogens is 304 g/mol. The fourth-order valence-electron chi connectivity index (χ4n) is 2.26. The van der Waals surface area contributed by atoms with Crippen LogP contribution >= 0.6 is 0 Å². The second kappa shape index (κ2) is 5.95. The Balaban J connectivity index is 1.82. The van der Waals surface area contributed by atoms with Crippen LogP contribution in [0.25, 0.3) is 0 Å². The number of ether oxygens (including phenoxy) is 2. The third-order valence-electron chi connectivity index (χ3n) is 3.38. The molecule has 0 spiro atoms. The number of nitrogens with one attached hydrogen (secondary N) is 1. The van der Waals surface area contributed by atoms with Crippen LogP contribution in [-0.4, -0.2) is 34.3 Å². The number of nitro groups is 1. The highest BCUT2D eigenvalue weighted by Gasteiger charge is 2.20. The zero-order valence-electron chi connectivity index (χ0n) is 12.3. The van der Waals surface area contributed by atoms with Crippen LogP contribution in [0.3, 0.4) is 0 Å². The summed E-state index contributed by atoms with van der Waals surface area (Å²) in [4.78, 5) is 22.5. The van der Waals surface area contributed by atoms with Gasteiger partial charge in [-0.1, -0.05) is 0 Å². The number of benzene rings is 1. The van der Waals surface area contributed by atoms with Crippen molar-refractivity contribution in [2.75, 3.05) is 19.0 Å². The third kappa shape index (κ3) is 2.93. The van der Waals surface area contributed by atoms with E-state index in [0.29, 0.717) is 24.7 Å². The number of aromatic nitrogens is 2. The molecule has 3 rings (SSSR count). The average molecular weight is 318 g/mol. The number of amides is 1. The summed E-state index contributed by atoms with van der Waals surface area (Å²) in [5.74, 6) is 0.312. The first-order valence-electron chi connectivity index (χ1n) is 6.93. The lowest BCUT2D eigenvalue weighted by Gasteiger charge is -2.13. The Morgan fingerprint density at radius 1 is 1.48 bits per heavy atom. The van der Waals surface area contributed by atoms with Gasteiger partial charge in [-0.25, -0.2) is 4.68 Å². The number of carbonyl (C=O) groups excluding carboxylic acids is 1. The van der Waals surface area contributed by atoms with E-state index in [1.165, 1.54) is 25.3 Å². The van der Waals surface area contributed by atoms with Crippen molar-refractivity contribution in [3.63, 3.8) is 0 Å². The summed E-state index contributed by atoms with van der Waals surface area (Å²) in [6.07, 6.45) is 0.839. The quantitative estimate of drug-likeness (QED) is 0.680. The largest absolute Gasteiger partial charge is 0.494 e. The minimum atomic E-state index is -0.533. The van der Waals surface area contributed by atoms with Gasteiger partial charge in [0.2, 0.25) is 5.88 Å². The lowest BCUT2D eigenvalue weighted by Crippen LogP contribution is -2.16. The van der Waals surface area contributed by atoms with E-state index >= 15 is 0 Å². The number of aryl methyl sites for hydroxylation is 1. The highest BCUT2D eigenvalue weighted by atomic mass is 16.6. The van der Waals surface area contributed by atoms with Gasteiger partial charge < -0.3 is 14.8 Å². The molecule has 9 nitrogen and oxygen atoms in total. The minimum Gasteiger partial charge on any atom is -0.494 e. The number of hydrogen-bond donors (Lipinski definition) is 1. The molecule has 1 aromatic carbocycles. The van der Waals surface area contributed by atoms with Crippen molar-refractivity contribution in [1.82, 2.24) is 9.78 Å². The molecule has 9 heteroatoms. The van der Waals surface area contributed by atoms with Crippen LogP contribution in [0.1, 0.15) is 16.9 Å². The summed E-state index contributed by atoms with van der Waals surface area (Å²) >= 11 is 0. The van der Waals surface area contributed by atoms with Crippen LogP contribution in [0, 0.1) is 10.1 Å². The summed E-state index contributed by atoms with van der Waals surface area (Å²) in [5, 5.41) is 17.6. The van der Waals surface area contributed by atoms with Crippen molar-refractivity contribution in [3.05, 3.63) is 40.1 Å². The molecule has 2 heterocycles.